The van der Waals surface area contributed by atoms with Crippen molar-refractivity contribution in [3.05, 3.63) is 94.5 Å². The number of amides is 1. The molecule has 1 amide bonds. The van der Waals surface area contributed by atoms with Crippen molar-refractivity contribution in [3.8, 4) is 0 Å². The fourth-order valence-electron chi connectivity index (χ4n) is 4.43. The highest BCUT2D eigenvalue weighted by Gasteiger charge is 2.29. The molecule has 7 heteroatoms. The Kier molecular flexibility index (Phi) is 7.59. The summed E-state index contributed by atoms with van der Waals surface area (Å²) < 4.78 is 28.1. The van der Waals surface area contributed by atoms with E-state index in [0.29, 0.717) is 6.42 Å². The van der Waals surface area contributed by atoms with Crippen LogP contribution in [0.15, 0.2) is 77.7 Å². The lowest BCUT2D eigenvalue weighted by Crippen LogP contribution is -2.42. The molecule has 3 aromatic carbocycles. The van der Waals surface area contributed by atoms with Crippen molar-refractivity contribution in [2.45, 2.75) is 50.0 Å². The molecule has 0 saturated heterocycles. The molecule has 1 aliphatic rings. The predicted octanol–water partition coefficient (Wildman–Crippen LogP) is 5.68. The number of nitrogens with one attached hydrogen (secondary N) is 1. The van der Waals surface area contributed by atoms with Gasteiger partial charge in [-0.05, 0) is 73.1 Å². The minimum absolute atomic E-state index is 0.101. The van der Waals surface area contributed by atoms with Crippen molar-refractivity contribution in [1.29, 1.82) is 0 Å². The minimum Gasteiger partial charge on any atom is -0.348 e. The first-order chi connectivity index (χ1) is 16.4. The number of aryl methyl sites for hydroxylation is 2. The van der Waals surface area contributed by atoms with Gasteiger partial charge in [-0.1, -0.05) is 67.1 Å². The maximum atomic E-state index is 13.5. The van der Waals surface area contributed by atoms with E-state index in [1.165, 1.54) is 36.1 Å². The van der Waals surface area contributed by atoms with E-state index >= 15 is 0 Å². The van der Waals surface area contributed by atoms with Gasteiger partial charge in [0, 0.05) is 0 Å². The number of hydrogen-bond donors (Lipinski definition) is 1. The summed E-state index contributed by atoms with van der Waals surface area (Å²) in [5, 5.41) is 3.31. The van der Waals surface area contributed by atoms with Gasteiger partial charge >= 0.3 is 0 Å². The van der Waals surface area contributed by atoms with Crippen LogP contribution in [0.5, 0.6) is 0 Å². The first kappa shape index (κ1) is 24.3. The number of halogens is 1. The van der Waals surface area contributed by atoms with Crippen LogP contribution in [-0.4, -0.2) is 20.9 Å². The summed E-state index contributed by atoms with van der Waals surface area (Å²) >= 11 is 6.35. The summed E-state index contributed by atoms with van der Waals surface area (Å²) in [5.74, 6) is -0.385. The SMILES string of the molecule is CCC(NC(=O)CN(c1ccccc1Cl)S(=O)(=O)c1ccccc1)c1ccc2c(c1)CCCC2. The number of sulfonamides is 1. The molecule has 0 aromatic heterocycles. The van der Waals surface area contributed by atoms with Crippen molar-refractivity contribution in [2.75, 3.05) is 10.8 Å². The molecule has 1 aliphatic carbocycles. The quantitative estimate of drug-likeness (QED) is 0.436. The van der Waals surface area contributed by atoms with Gasteiger partial charge in [-0.15, -0.1) is 0 Å². The van der Waals surface area contributed by atoms with Crippen LogP contribution in [-0.2, 0) is 27.7 Å². The summed E-state index contributed by atoms with van der Waals surface area (Å²) in [6.07, 6.45) is 5.26. The first-order valence-electron chi connectivity index (χ1n) is 11.6. The average molecular weight is 497 g/mol. The minimum atomic E-state index is -4.00. The number of carbonyl (C=O) groups excluding carboxylic acids is 1. The second-order valence-electron chi connectivity index (χ2n) is 8.54. The molecule has 0 bridgehead atoms. The van der Waals surface area contributed by atoms with Gasteiger partial charge in [0.05, 0.1) is 21.6 Å². The molecule has 1 N–H and O–H groups in total. The zero-order chi connectivity index (χ0) is 24.1. The van der Waals surface area contributed by atoms with Crippen LogP contribution in [0.3, 0.4) is 0 Å². The molecule has 0 spiro atoms. The Morgan fingerprint density at radius 3 is 2.35 bits per heavy atom. The van der Waals surface area contributed by atoms with E-state index in [1.54, 1.807) is 42.5 Å². The molecule has 0 saturated carbocycles. The highest BCUT2D eigenvalue weighted by Crippen LogP contribution is 2.31. The van der Waals surface area contributed by atoms with Gasteiger partial charge in [0.2, 0.25) is 5.91 Å². The van der Waals surface area contributed by atoms with Gasteiger partial charge in [-0.3, -0.25) is 9.10 Å². The van der Waals surface area contributed by atoms with E-state index in [4.69, 9.17) is 11.6 Å². The zero-order valence-electron chi connectivity index (χ0n) is 19.2. The highest BCUT2D eigenvalue weighted by atomic mass is 35.5. The van der Waals surface area contributed by atoms with Crippen LogP contribution in [0.2, 0.25) is 5.02 Å². The number of hydrogen-bond acceptors (Lipinski definition) is 3. The summed E-state index contributed by atoms with van der Waals surface area (Å²) in [5.41, 5.74) is 4.05. The van der Waals surface area contributed by atoms with E-state index in [2.05, 4.69) is 23.5 Å². The molecule has 34 heavy (non-hydrogen) atoms. The zero-order valence-corrected chi connectivity index (χ0v) is 20.8. The molecule has 0 heterocycles. The molecular formula is C27H29ClN2O3S. The molecule has 1 unspecified atom stereocenters. The largest absolute Gasteiger partial charge is 0.348 e. The number of benzene rings is 3. The monoisotopic (exact) mass is 496 g/mol. The Hall–Kier alpha value is -2.83. The van der Waals surface area contributed by atoms with Gasteiger partial charge in [-0.2, -0.15) is 0 Å². The lowest BCUT2D eigenvalue weighted by Gasteiger charge is -2.27. The van der Waals surface area contributed by atoms with Crippen LogP contribution in [0, 0.1) is 0 Å². The maximum absolute atomic E-state index is 13.5. The van der Waals surface area contributed by atoms with Crippen LogP contribution in [0.4, 0.5) is 5.69 Å². The third-order valence-electron chi connectivity index (χ3n) is 6.26. The fourth-order valence-corrected chi connectivity index (χ4v) is 6.18. The standard InChI is InChI=1S/C27H29ClN2O3S/c1-2-25(22-17-16-20-10-6-7-11-21(20)18-22)29-27(31)19-30(26-15-9-8-14-24(26)28)34(32,33)23-12-4-3-5-13-23/h3-5,8-9,12-18,25H,2,6-7,10-11,19H2,1H3,(H,29,31). The topological polar surface area (TPSA) is 66.5 Å². The molecule has 0 aliphatic heterocycles. The third-order valence-corrected chi connectivity index (χ3v) is 8.35. The predicted molar refractivity (Wildman–Crippen MR) is 137 cm³/mol. The Bertz CT molecular complexity index is 1260. The van der Waals surface area contributed by atoms with Gasteiger partial charge in [-0.25, -0.2) is 8.42 Å². The second-order valence-corrected chi connectivity index (χ2v) is 10.8. The first-order valence-corrected chi connectivity index (χ1v) is 13.5. The van der Waals surface area contributed by atoms with Crippen molar-refractivity contribution in [2.24, 2.45) is 0 Å². The van der Waals surface area contributed by atoms with Crippen molar-refractivity contribution in [1.82, 2.24) is 5.32 Å². The number of para-hydroxylation sites is 1. The fraction of sp³-hybridized carbons (Fsp3) is 0.296. The van der Waals surface area contributed by atoms with Gasteiger partial charge in [0.25, 0.3) is 10.0 Å². The van der Waals surface area contributed by atoms with Crippen molar-refractivity contribution >= 4 is 33.2 Å². The van der Waals surface area contributed by atoms with Gasteiger partial charge in [0.15, 0.2) is 0 Å². The maximum Gasteiger partial charge on any atom is 0.264 e. The third kappa shape index (κ3) is 5.29. The molecular weight excluding hydrogens is 468 g/mol. The Labute approximate surface area is 206 Å². The normalized spacial score (nSPS) is 14.2. The van der Waals surface area contributed by atoms with Crippen molar-refractivity contribution < 1.29 is 13.2 Å². The smallest absolute Gasteiger partial charge is 0.264 e. The molecule has 3 aromatic rings. The molecule has 4 rings (SSSR count). The van der Waals surface area contributed by atoms with Gasteiger partial charge in [0.1, 0.15) is 6.54 Å². The molecule has 0 fully saturated rings. The second kappa shape index (κ2) is 10.6. The molecule has 1 atom stereocenters. The molecule has 0 radical (unpaired) electrons. The number of carbonyl (C=O) groups is 1. The van der Waals surface area contributed by atoms with E-state index in [-0.39, 0.29) is 34.1 Å². The van der Waals surface area contributed by atoms with E-state index in [0.717, 1.165) is 22.7 Å². The number of fused-ring (bicyclic) bond motifs is 1. The summed E-state index contributed by atoms with van der Waals surface area (Å²) in [4.78, 5) is 13.3. The van der Waals surface area contributed by atoms with Crippen LogP contribution in [0.25, 0.3) is 0 Å². The van der Waals surface area contributed by atoms with E-state index in [9.17, 15) is 13.2 Å². The molecule has 178 valence electrons. The van der Waals surface area contributed by atoms with Crippen molar-refractivity contribution in [3.63, 3.8) is 0 Å². The average Bonchev–Trinajstić information content (AvgIpc) is 2.86. The number of rotatable bonds is 8. The van der Waals surface area contributed by atoms with E-state index in [1.807, 2.05) is 6.92 Å². The number of anilines is 1. The summed E-state index contributed by atoms with van der Waals surface area (Å²) in [6.45, 7) is 1.64. The molecule has 5 nitrogen and oxygen atoms in total. The summed E-state index contributed by atoms with van der Waals surface area (Å²) in [7, 11) is -4.00. The highest BCUT2D eigenvalue weighted by molar-refractivity contribution is 7.92. The Balaban J connectivity index is 1.60. The van der Waals surface area contributed by atoms with Crippen LogP contribution in [0.1, 0.15) is 48.9 Å². The lowest BCUT2D eigenvalue weighted by atomic mass is 9.89. The summed E-state index contributed by atoms with van der Waals surface area (Å²) in [6, 6.07) is 21.0. The Morgan fingerprint density at radius 1 is 0.971 bits per heavy atom. The van der Waals surface area contributed by atoms with E-state index < -0.39 is 10.0 Å². The van der Waals surface area contributed by atoms with Gasteiger partial charge < -0.3 is 5.32 Å². The van der Waals surface area contributed by atoms with Crippen LogP contribution >= 0.6 is 11.6 Å². The number of nitrogens with zero attached hydrogens (tertiary/aromatic N) is 1. The van der Waals surface area contributed by atoms with Crippen LogP contribution < -0.4 is 9.62 Å². The Morgan fingerprint density at radius 2 is 1.65 bits per heavy atom. The lowest BCUT2D eigenvalue weighted by molar-refractivity contribution is -0.120.